The van der Waals surface area contributed by atoms with Gasteiger partial charge in [-0.15, -0.1) is 0 Å². The fraction of sp³-hybridized carbons (Fsp3) is 0.429. The third-order valence-electron chi connectivity index (χ3n) is 3.41. The Morgan fingerprint density at radius 1 is 1.50 bits per heavy atom. The number of benzene rings is 1. The topological polar surface area (TPSA) is 75.6 Å². The van der Waals surface area contributed by atoms with Crippen molar-refractivity contribution in [2.24, 2.45) is 5.92 Å². The van der Waals surface area contributed by atoms with Gasteiger partial charge in [-0.05, 0) is 31.0 Å². The molecule has 1 aromatic rings. The zero-order valence-corrected chi connectivity index (χ0v) is 11.1. The lowest BCUT2D eigenvalue weighted by Gasteiger charge is -2.16. The van der Waals surface area contributed by atoms with Crippen molar-refractivity contribution >= 4 is 17.6 Å². The second-order valence-electron chi connectivity index (χ2n) is 4.70. The van der Waals surface area contributed by atoms with Crippen LogP contribution in [0.1, 0.15) is 30.1 Å². The molecule has 108 valence electrons. The minimum absolute atomic E-state index is 0.116. The first-order chi connectivity index (χ1) is 9.52. The Kier molecular flexibility index (Phi) is 4.34. The van der Waals surface area contributed by atoms with Crippen LogP contribution in [0.5, 0.6) is 0 Å². The van der Waals surface area contributed by atoms with Gasteiger partial charge in [-0.3, -0.25) is 4.79 Å². The van der Waals surface area contributed by atoms with Crippen molar-refractivity contribution in [2.75, 3.05) is 11.9 Å². The number of carboxylic acids is 1. The average molecular weight is 281 g/mol. The number of hydrogen-bond donors (Lipinski definition) is 2. The summed E-state index contributed by atoms with van der Waals surface area (Å²) < 4.78 is 18.7. The van der Waals surface area contributed by atoms with Gasteiger partial charge in [-0.2, -0.15) is 0 Å². The van der Waals surface area contributed by atoms with Crippen molar-refractivity contribution in [3.63, 3.8) is 0 Å². The number of halogens is 1. The van der Waals surface area contributed by atoms with Crippen molar-refractivity contribution in [3.8, 4) is 0 Å². The second-order valence-corrected chi connectivity index (χ2v) is 4.70. The SMILES string of the molecule is CCC1OCCC1C(=O)Nc1ccc(F)c(C(=O)O)c1. The molecule has 1 saturated heterocycles. The number of hydrogen-bond acceptors (Lipinski definition) is 3. The first kappa shape index (κ1) is 14.5. The lowest BCUT2D eigenvalue weighted by Crippen LogP contribution is -2.29. The van der Waals surface area contributed by atoms with E-state index >= 15 is 0 Å². The molecule has 1 fully saturated rings. The minimum atomic E-state index is -1.37. The predicted molar refractivity (Wildman–Crippen MR) is 70.1 cm³/mol. The number of aromatic carboxylic acids is 1. The van der Waals surface area contributed by atoms with Gasteiger partial charge in [0.2, 0.25) is 5.91 Å². The van der Waals surface area contributed by atoms with Crippen LogP contribution in [0.3, 0.4) is 0 Å². The van der Waals surface area contributed by atoms with Crippen LogP contribution in [0.15, 0.2) is 18.2 Å². The lowest BCUT2D eigenvalue weighted by atomic mass is 9.98. The molecule has 6 heteroatoms. The normalized spacial score (nSPS) is 21.7. The van der Waals surface area contributed by atoms with Gasteiger partial charge in [-0.25, -0.2) is 9.18 Å². The highest BCUT2D eigenvalue weighted by atomic mass is 19.1. The van der Waals surface area contributed by atoms with Gasteiger partial charge < -0.3 is 15.2 Å². The van der Waals surface area contributed by atoms with Crippen LogP contribution in [0, 0.1) is 11.7 Å². The average Bonchev–Trinajstić information content (AvgIpc) is 2.89. The molecule has 2 unspecified atom stereocenters. The third-order valence-corrected chi connectivity index (χ3v) is 3.41. The van der Waals surface area contributed by atoms with Crippen LogP contribution in [0.25, 0.3) is 0 Å². The molecule has 2 rings (SSSR count). The number of ether oxygens (including phenoxy) is 1. The van der Waals surface area contributed by atoms with E-state index in [0.29, 0.717) is 13.0 Å². The number of amides is 1. The first-order valence-corrected chi connectivity index (χ1v) is 6.48. The molecule has 0 bridgehead atoms. The fourth-order valence-electron chi connectivity index (χ4n) is 2.35. The van der Waals surface area contributed by atoms with Gasteiger partial charge in [0.15, 0.2) is 0 Å². The van der Waals surface area contributed by atoms with Crippen molar-refractivity contribution < 1.29 is 23.8 Å². The third kappa shape index (κ3) is 2.96. The van der Waals surface area contributed by atoms with Gasteiger partial charge in [0, 0.05) is 12.3 Å². The Morgan fingerprint density at radius 2 is 2.25 bits per heavy atom. The van der Waals surface area contributed by atoms with E-state index < -0.39 is 17.3 Å². The number of carbonyl (C=O) groups excluding carboxylic acids is 1. The molecule has 1 aliphatic rings. The molecule has 0 radical (unpaired) electrons. The smallest absolute Gasteiger partial charge is 0.338 e. The van der Waals surface area contributed by atoms with E-state index in [-0.39, 0.29) is 23.6 Å². The summed E-state index contributed by atoms with van der Waals surface area (Å²) in [4.78, 5) is 23.0. The van der Waals surface area contributed by atoms with E-state index in [0.717, 1.165) is 18.6 Å². The van der Waals surface area contributed by atoms with Gasteiger partial charge in [0.25, 0.3) is 0 Å². The molecule has 1 aromatic carbocycles. The molecule has 2 N–H and O–H groups in total. The number of nitrogens with one attached hydrogen (secondary N) is 1. The van der Waals surface area contributed by atoms with Gasteiger partial charge >= 0.3 is 5.97 Å². The van der Waals surface area contributed by atoms with E-state index in [1.807, 2.05) is 6.92 Å². The summed E-state index contributed by atoms with van der Waals surface area (Å²) in [7, 11) is 0. The summed E-state index contributed by atoms with van der Waals surface area (Å²) in [6, 6.07) is 3.49. The summed E-state index contributed by atoms with van der Waals surface area (Å²) in [6.07, 6.45) is 1.26. The highest BCUT2D eigenvalue weighted by Gasteiger charge is 2.32. The molecule has 20 heavy (non-hydrogen) atoms. The first-order valence-electron chi connectivity index (χ1n) is 6.48. The number of rotatable bonds is 4. The molecule has 1 heterocycles. The molecule has 0 aliphatic carbocycles. The van der Waals surface area contributed by atoms with Crippen LogP contribution in [-0.4, -0.2) is 29.7 Å². The fourth-order valence-corrected chi connectivity index (χ4v) is 2.35. The largest absolute Gasteiger partial charge is 0.478 e. The highest BCUT2D eigenvalue weighted by Crippen LogP contribution is 2.25. The van der Waals surface area contributed by atoms with Gasteiger partial charge in [-0.1, -0.05) is 6.92 Å². The minimum Gasteiger partial charge on any atom is -0.478 e. The van der Waals surface area contributed by atoms with E-state index in [4.69, 9.17) is 9.84 Å². The summed E-state index contributed by atoms with van der Waals surface area (Å²) in [6.45, 7) is 2.48. The lowest BCUT2D eigenvalue weighted by molar-refractivity contribution is -0.121. The molecule has 0 saturated carbocycles. The maximum absolute atomic E-state index is 13.3. The van der Waals surface area contributed by atoms with E-state index in [1.54, 1.807) is 0 Å². The standard InChI is InChI=1S/C14H16FNO4/c1-2-12-9(5-6-20-12)13(17)16-8-3-4-11(15)10(7-8)14(18)19/h3-4,7,9,12H,2,5-6H2,1H3,(H,16,17)(H,18,19). The zero-order valence-electron chi connectivity index (χ0n) is 11.1. The maximum atomic E-state index is 13.3. The zero-order chi connectivity index (χ0) is 14.7. The second kappa shape index (κ2) is 6.00. The van der Waals surface area contributed by atoms with Crippen LogP contribution in [0.2, 0.25) is 0 Å². The molecule has 1 amide bonds. The van der Waals surface area contributed by atoms with Crippen molar-refractivity contribution in [1.82, 2.24) is 0 Å². The molecular formula is C14H16FNO4. The molecule has 0 aromatic heterocycles. The van der Waals surface area contributed by atoms with E-state index in [9.17, 15) is 14.0 Å². The Balaban J connectivity index is 2.12. The summed E-state index contributed by atoms with van der Waals surface area (Å²) in [5.41, 5.74) is -0.187. The predicted octanol–water partition coefficient (Wildman–Crippen LogP) is 2.28. The van der Waals surface area contributed by atoms with Crippen molar-refractivity contribution in [3.05, 3.63) is 29.6 Å². The number of carboxylic acid groups (broad SMARTS) is 1. The molecule has 0 spiro atoms. The van der Waals surface area contributed by atoms with Crippen LogP contribution in [0.4, 0.5) is 10.1 Å². The van der Waals surface area contributed by atoms with Crippen molar-refractivity contribution in [1.29, 1.82) is 0 Å². The Hall–Kier alpha value is -1.95. The van der Waals surface area contributed by atoms with Gasteiger partial charge in [0.05, 0.1) is 17.6 Å². The van der Waals surface area contributed by atoms with E-state index in [2.05, 4.69) is 5.32 Å². The summed E-state index contributed by atoms with van der Waals surface area (Å²) in [5.74, 6) is -2.67. The number of anilines is 1. The molecule has 2 atom stereocenters. The Bertz CT molecular complexity index is 532. The van der Waals surface area contributed by atoms with Crippen LogP contribution < -0.4 is 5.32 Å². The van der Waals surface area contributed by atoms with Crippen LogP contribution in [-0.2, 0) is 9.53 Å². The Labute approximate surface area is 115 Å². The maximum Gasteiger partial charge on any atom is 0.338 e. The monoisotopic (exact) mass is 281 g/mol. The van der Waals surface area contributed by atoms with Crippen LogP contribution >= 0.6 is 0 Å². The molecule has 1 aliphatic heterocycles. The van der Waals surface area contributed by atoms with Gasteiger partial charge in [0.1, 0.15) is 5.82 Å². The summed E-state index contributed by atoms with van der Waals surface area (Å²) in [5, 5.41) is 11.5. The quantitative estimate of drug-likeness (QED) is 0.887. The van der Waals surface area contributed by atoms with Crippen molar-refractivity contribution in [2.45, 2.75) is 25.9 Å². The molecule has 5 nitrogen and oxygen atoms in total. The highest BCUT2D eigenvalue weighted by molar-refractivity contribution is 5.95. The Morgan fingerprint density at radius 3 is 2.90 bits per heavy atom. The summed E-state index contributed by atoms with van der Waals surface area (Å²) >= 11 is 0. The number of carbonyl (C=O) groups is 2. The van der Waals surface area contributed by atoms with E-state index in [1.165, 1.54) is 6.07 Å². The molecular weight excluding hydrogens is 265 g/mol.